The van der Waals surface area contributed by atoms with Gasteiger partial charge in [0, 0.05) is 33.2 Å². The number of aryl methyl sites for hydroxylation is 1. The van der Waals surface area contributed by atoms with E-state index in [1.807, 2.05) is 17.9 Å². The zero-order chi connectivity index (χ0) is 9.26. The molecule has 1 fully saturated rings. The van der Waals surface area contributed by atoms with Crippen LogP contribution < -0.4 is 10.2 Å². The van der Waals surface area contributed by atoms with Crippen molar-refractivity contribution in [2.24, 2.45) is 7.05 Å². The molecule has 0 atom stereocenters. The predicted octanol–water partition coefficient (Wildman–Crippen LogP) is 0.138. The van der Waals surface area contributed by atoms with Gasteiger partial charge in [-0.2, -0.15) is 5.10 Å². The zero-order valence-corrected chi connectivity index (χ0v) is 8.25. The second-order valence-electron chi connectivity index (χ2n) is 3.48. The molecule has 1 aromatic heterocycles. The van der Waals surface area contributed by atoms with Crippen LogP contribution in [0, 0.1) is 6.92 Å². The fraction of sp³-hybridized carbons (Fsp3) is 0.667. The SMILES string of the molecule is Cc1c(N2CCNCC2)cnn1C. The molecule has 1 saturated heterocycles. The maximum absolute atomic E-state index is 4.25. The van der Waals surface area contributed by atoms with E-state index < -0.39 is 0 Å². The highest BCUT2D eigenvalue weighted by Gasteiger charge is 2.14. The molecular weight excluding hydrogens is 164 g/mol. The topological polar surface area (TPSA) is 33.1 Å². The molecule has 1 aromatic rings. The number of anilines is 1. The highest BCUT2D eigenvalue weighted by atomic mass is 15.3. The molecule has 72 valence electrons. The van der Waals surface area contributed by atoms with Crippen molar-refractivity contribution in [1.29, 1.82) is 0 Å². The summed E-state index contributed by atoms with van der Waals surface area (Å²) in [6, 6.07) is 0. The number of rotatable bonds is 1. The predicted molar refractivity (Wildman–Crippen MR) is 53.0 cm³/mol. The van der Waals surface area contributed by atoms with Crippen LogP contribution in [0.4, 0.5) is 5.69 Å². The molecule has 0 amide bonds. The lowest BCUT2D eigenvalue weighted by Crippen LogP contribution is -2.43. The van der Waals surface area contributed by atoms with Crippen LogP contribution in [0.1, 0.15) is 5.69 Å². The Kier molecular flexibility index (Phi) is 2.22. The third kappa shape index (κ3) is 1.54. The van der Waals surface area contributed by atoms with Crippen LogP contribution in [0.2, 0.25) is 0 Å². The Balaban J connectivity index is 2.18. The molecule has 2 rings (SSSR count). The minimum atomic E-state index is 1.08. The van der Waals surface area contributed by atoms with Gasteiger partial charge in [0.1, 0.15) is 0 Å². The van der Waals surface area contributed by atoms with E-state index in [1.54, 1.807) is 0 Å². The number of nitrogens with zero attached hydrogens (tertiary/aromatic N) is 3. The van der Waals surface area contributed by atoms with Crippen molar-refractivity contribution in [3.63, 3.8) is 0 Å². The van der Waals surface area contributed by atoms with Crippen LogP contribution in [-0.2, 0) is 7.05 Å². The average molecular weight is 180 g/mol. The first-order chi connectivity index (χ1) is 6.29. The van der Waals surface area contributed by atoms with Gasteiger partial charge in [0.2, 0.25) is 0 Å². The van der Waals surface area contributed by atoms with Gasteiger partial charge in [-0.15, -0.1) is 0 Å². The van der Waals surface area contributed by atoms with E-state index in [1.165, 1.54) is 11.4 Å². The van der Waals surface area contributed by atoms with Crippen molar-refractivity contribution >= 4 is 5.69 Å². The number of piperazine rings is 1. The van der Waals surface area contributed by atoms with Gasteiger partial charge < -0.3 is 10.2 Å². The number of aromatic nitrogens is 2. The van der Waals surface area contributed by atoms with Gasteiger partial charge in [-0.25, -0.2) is 0 Å². The summed E-state index contributed by atoms with van der Waals surface area (Å²) in [4.78, 5) is 2.39. The molecule has 0 unspecified atom stereocenters. The molecule has 4 heteroatoms. The zero-order valence-electron chi connectivity index (χ0n) is 8.25. The summed E-state index contributed by atoms with van der Waals surface area (Å²) < 4.78 is 1.93. The molecule has 0 aliphatic carbocycles. The van der Waals surface area contributed by atoms with Gasteiger partial charge >= 0.3 is 0 Å². The van der Waals surface area contributed by atoms with Gasteiger partial charge in [0.05, 0.1) is 17.6 Å². The fourth-order valence-electron chi connectivity index (χ4n) is 1.70. The fourth-order valence-corrected chi connectivity index (χ4v) is 1.70. The molecule has 1 aliphatic rings. The number of hydrogen-bond acceptors (Lipinski definition) is 3. The molecule has 13 heavy (non-hydrogen) atoms. The summed E-state index contributed by atoms with van der Waals surface area (Å²) in [6.45, 7) is 6.45. The lowest BCUT2D eigenvalue weighted by Gasteiger charge is -2.28. The van der Waals surface area contributed by atoms with Crippen molar-refractivity contribution in [2.75, 3.05) is 31.1 Å². The Morgan fingerprint density at radius 3 is 2.62 bits per heavy atom. The summed E-state index contributed by atoms with van der Waals surface area (Å²) in [7, 11) is 1.99. The van der Waals surface area contributed by atoms with E-state index in [0.29, 0.717) is 0 Å². The van der Waals surface area contributed by atoms with Crippen molar-refractivity contribution in [3.8, 4) is 0 Å². The van der Waals surface area contributed by atoms with Gasteiger partial charge in [-0.05, 0) is 6.92 Å². The van der Waals surface area contributed by atoms with Crippen LogP contribution in [0.25, 0.3) is 0 Å². The lowest BCUT2D eigenvalue weighted by atomic mass is 10.3. The summed E-state index contributed by atoms with van der Waals surface area (Å²) >= 11 is 0. The van der Waals surface area contributed by atoms with Gasteiger partial charge in [-0.1, -0.05) is 0 Å². The molecule has 0 bridgehead atoms. The molecule has 0 radical (unpaired) electrons. The summed E-state index contributed by atoms with van der Waals surface area (Å²) in [6.07, 6.45) is 1.96. The normalized spacial score (nSPS) is 17.8. The van der Waals surface area contributed by atoms with Gasteiger partial charge in [-0.3, -0.25) is 4.68 Å². The molecular formula is C9H16N4. The minimum absolute atomic E-state index is 1.08. The van der Waals surface area contributed by atoms with E-state index in [4.69, 9.17) is 0 Å². The molecule has 0 saturated carbocycles. The van der Waals surface area contributed by atoms with Gasteiger partial charge in [0.15, 0.2) is 0 Å². The molecule has 2 heterocycles. The van der Waals surface area contributed by atoms with Crippen molar-refractivity contribution in [3.05, 3.63) is 11.9 Å². The molecule has 1 N–H and O–H groups in total. The maximum atomic E-state index is 4.25. The summed E-state index contributed by atoms with van der Waals surface area (Å²) in [5.74, 6) is 0. The van der Waals surface area contributed by atoms with E-state index in [0.717, 1.165) is 26.2 Å². The third-order valence-electron chi connectivity index (χ3n) is 2.67. The first kappa shape index (κ1) is 8.56. The van der Waals surface area contributed by atoms with Crippen LogP contribution in [0.5, 0.6) is 0 Å². The smallest absolute Gasteiger partial charge is 0.0783 e. The number of hydrogen-bond donors (Lipinski definition) is 1. The Bertz CT molecular complexity index is 286. The largest absolute Gasteiger partial charge is 0.366 e. The lowest BCUT2D eigenvalue weighted by molar-refractivity contribution is 0.588. The Morgan fingerprint density at radius 1 is 1.38 bits per heavy atom. The quantitative estimate of drug-likeness (QED) is 0.667. The third-order valence-corrected chi connectivity index (χ3v) is 2.67. The van der Waals surface area contributed by atoms with E-state index in [9.17, 15) is 0 Å². The molecule has 0 spiro atoms. The first-order valence-corrected chi connectivity index (χ1v) is 4.73. The van der Waals surface area contributed by atoms with Crippen molar-refractivity contribution in [2.45, 2.75) is 6.92 Å². The summed E-state index contributed by atoms with van der Waals surface area (Å²) in [5, 5.41) is 7.59. The number of nitrogens with one attached hydrogen (secondary N) is 1. The van der Waals surface area contributed by atoms with Crippen LogP contribution in [-0.4, -0.2) is 36.0 Å². The van der Waals surface area contributed by atoms with Crippen LogP contribution >= 0.6 is 0 Å². The monoisotopic (exact) mass is 180 g/mol. The highest BCUT2D eigenvalue weighted by Crippen LogP contribution is 2.18. The molecule has 1 aliphatic heterocycles. The van der Waals surface area contributed by atoms with E-state index in [-0.39, 0.29) is 0 Å². The highest BCUT2D eigenvalue weighted by molar-refractivity contribution is 5.49. The average Bonchev–Trinajstić information content (AvgIpc) is 2.49. The van der Waals surface area contributed by atoms with Crippen molar-refractivity contribution < 1.29 is 0 Å². The van der Waals surface area contributed by atoms with Crippen molar-refractivity contribution in [1.82, 2.24) is 15.1 Å². The molecule has 0 aromatic carbocycles. The van der Waals surface area contributed by atoms with E-state index >= 15 is 0 Å². The van der Waals surface area contributed by atoms with Crippen LogP contribution in [0.3, 0.4) is 0 Å². The van der Waals surface area contributed by atoms with Crippen LogP contribution in [0.15, 0.2) is 6.20 Å². The second kappa shape index (κ2) is 3.38. The van der Waals surface area contributed by atoms with E-state index in [2.05, 4.69) is 22.2 Å². The second-order valence-corrected chi connectivity index (χ2v) is 3.48. The Labute approximate surface area is 78.5 Å². The maximum Gasteiger partial charge on any atom is 0.0783 e. The first-order valence-electron chi connectivity index (χ1n) is 4.73. The Morgan fingerprint density at radius 2 is 2.08 bits per heavy atom. The minimum Gasteiger partial charge on any atom is -0.366 e. The van der Waals surface area contributed by atoms with Gasteiger partial charge in [0.25, 0.3) is 0 Å². The summed E-state index contributed by atoms with van der Waals surface area (Å²) in [5.41, 5.74) is 2.53. The standard InChI is InChI=1S/C9H16N4/c1-8-9(7-11-12(8)2)13-5-3-10-4-6-13/h7,10H,3-6H2,1-2H3. The molecule has 4 nitrogen and oxygen atoms in total. The Hall–Kier alpha value is -1.03.